The second-order valence-electron chi connectivity index (χ2n) is 1.18. The molecule has 0 atom stereocenters. The number of hydrogen-bond acceptors (Lipinski definition) is 1. The predicted molar refractivity (Wildman–Crippen MR) is 16.6 cm³/mol. The van der Waals surface area contributed by atoms with Gasteiger partial charge in [0, 0.05) is 0 Å². The summed E-state index contributed by atoms with van der Waals surface area (Å²) in [7, 11) is 0. The molecule has 0 aromatic heterocycles. The molecule has 0 rings (SSSR count). The first-order valence-corrected chi connectivity index (χ1v) is 1.67. The Morgan fingerprint density at radius 3 is 1.33 bits per heavy atom. The minimum absolute atomic E-state index is 0.177. The normalized spacial score (nSPS) is 12.9. The maximum absolute atomic E-state index is 11.2. The van der Waals surface area contributed by atoms with Crippen LogP contribution in [-0.2, 0) is 0 Å². The van der Waals surface area contributed by atoms with E-state index in [0.29, 0.717) is 0 Å². The van der Waals surface area contributed by atoms with Crippen molar-refractivity contribution in [3.63, 3.8) is 0 Å². The summed E-state index contributed by atoms with van der Waals surface area (Å²) in [6, 6.07) is -0.177. The third kappa shape index (κ3) is 1.52. The smallest absolute Gasteiger partial charge is 0.191 e. The molecule has 0 aliphatic rings. The first-order valence-electron chi connectivity index (χ1n) is 1.67. The first kappa shape index (κ1) is 8.14. The predicted octanol–water partition coefficient (Wildman–Crippen LogP) is 1.71. The van der Waals surface area contributed by atoms with Crippen LogP contribution in [0.4, 0.5) is 22.0 Å². The van der Waals surface area contributed by atoms with Gasteiger partial charge in [0.25, 0.3) is 0 Å². The van der Waals surface area contributed by atoms with Crippen molar-refractivity contribution in [2.75, 3.05) is 0 Å². The van der Waals surface area contributed by atoms with Gasteiger partial charge >= 0.3 is 12.1 Å². The van der Waals surface area contributed by atoms with Crippen molar-refractivity contribution in [2.24, 2.45) is 0 Å². The van der Waals surface area contributed by atoms with Crippen LogP contribution >= 0.6 is 0 Å². The van der Waals surface area contributed by atoms with Gasteiger partial charge < -0.3 is 0 Å². The van der Waals surface area contributed by atoms with Gasteiger partial charge in [0.15, 0.2) is 0 Å². The molecule has 6 heteroatoms. The molecule has 0 fully saturated rings. The second kappa shape index (κ2) is 1.83. The van der Waals surface area contributed by atoms with E-state index in [2.05, 4.69) is 0 Å². The Labute approximate surface area is 46.7 Å². The highest BCUT2D eigenvalue weighted by atomic mass is 19.4. The fourth-order valence-corrected chi connectivity index (χ4v) is 0.0634. The van der Waals surface area contributed by atoms with Crippen molar-refractivity contribution in [3.8, 4) is 6.07 Å². The Hall–Kier alpha value is -0.860. The van der Waals surface area contributed by atoms with Crippen LogP contribution in [0.25, 0.3) is 0 Å². The lowest BCUT2D eigenvalue weighted by Gasteiger charge is -2.09. The van der Waals surface area contributed by atoms with Gasteiger partial charge in [-0.15, -0.1) is 0 Å². The molecular weight excluding hydrogens is 145 g/mol. The fraction of sp³-hybridized carbons (Fsp3) is 0.667. The van der Waals surface area contributed by atoms with Crippen LogP contribution in [0.3, 0.4) is 0 Å². The van der Waals surface area contributed by atoms with Gasteiger partial charge in [-0.2, -0.15) is 27.2 Å². The van der Waals surface area contributed by atoms with E-state index in [0.717, 1.165) is 0 Å². The molecule has 0 aliphatic carbocycles. The van der Waals surface area contributed by atoms with E-state index < -0.39 is 12.1 Å². The molecule has 0 saturated carbocycles. The Morgan fingerprint density at radius 2 is 1.33 bits per heavy atom. The average Bonchev–Trinajstić information content (AvgIpc) is 1.64. The standard InChI is InChI=1S/C3F5N/c4-2(5,1-9)3(6,7)8. The molecule has 0 heterocycles. The highest BCUT2D eigenvalue weighted by molar-refractivity contribution is 4.97. The lowest BCUT2D eigenvalue weighted by atomic mass is 10.4. The van der Waals surface area contributed by atoms with Crippen molar-refractivity contribution in [2.45, 2.75) is 12.1 Å². The topological polar surface area (TPSA) is 23.8 Å². The zero-order valence-corrected chi connectivity index (χ0v) is 3.84. The van der Waals surface area contributed by atoms with Crippen LogP contribution < -0.4 is 0 Å². The summed E-state index contributed by atoms with van der Waals surface area (Å²) in [5.74, 6) is -5.22. The molecule has 0 aromatic carbocycles. The molecule has 0 radical (unpaired) electrons. The molecule has 0 saturated heterocycles. The number of halogens is 5. The Kier molecular flexibility index (Phi) is 1.65. The van der Waals surface area contributed by atoms with Gasteiger partial charge in [-0.25, -0.2) is 0 Å². The Balaban J connectivity index is 4.39. The van der Waals surface area contributed by atoms with E-state index in [-0.39, 0.29) is 6.07 Å². The van der Waals surface area contributed by atoms with Gasteiger partial charge in [-0.1, -0.05) is 0 Å². The number of rotatable bonds is 0. The quantitative estimate of drug-likeness (QED) is 0.476. The van der Waals surface area contributed by atoms with E-state index >= 15 is 0 Å². The minimum atomic E-state index is -5.75. The van der Waals surface area contributed by atoms with Gasteiger partial charge in [0.1, 0.15) is 6.07 Å². The molecule has 0 aromatic rings. The number of hydrogen-bond donors (Lipinski definition) is 0. The van der Waals surface area contributed by atoms with Crippen molar-refractivity contribution >= 4 is 0 Å². The summed E-state index contributed by atoms with van der Waals surface area (Å²) in [5.41, 5.74) is 0. The van der Waals surface area contributed by atoms with E-state index in [1.165, 1.54) is 0 Å². The van der Waals surface area contributed by atoms with Gasteiger partial charge in [0.05, 0.1) is 0 Å². The van der Waals surface area contributed by atoms with E-state index in [4.69, 9.17) is 5.26 Å². The monoisotopic (exact) mass is 145 g/mol. The summed E-state index contributed by atoms with van der Waals surface area (Å²) >= 11 is 0. The molecule has 1 nitrogen and oxygen atoms in total. The maximum atomic E-state index is 11.2. The zero-order chi connectivity index (χ0) is 7.71. The van der Waals surface area contributed by atoms with Crippen molar-refractivity contribution in [1.29, 1.82) is 5.26 Å². The van der Waals surface area contributed by atoms with Crippen LogP contribution in [0, 0.1) is 11.3 Å². The molecule has 52 valence electrons. The summed E-state index contributed by atoms with van der Waals surface area (Å²) in [4.78, 5) is 0. The molecule has 0 amide bonds. The van der Waals surface area contributed by atoms with Crippen molar-refractivity contribution < 1.29 is 22.0 Å². The third-order valence-corrected chi connectivity index (χ3v) is 0.496. The summed E-state index contributed by atoms with van der Waals surface area (Å²) in [6.45, 7) is 0. The van der Waals surface area contributed by atoms with Crippen LogP contribution in [0.5, 0.6) is 0 Å². The lowest BCUT2D eigenvalue weighted by molar-refractivity contribution is -0.255. The number of alkyl halides is 5. The summed E-state index contributed by atoms with van der Waals surface area (Å²) < 4.78 is 54.9. The highest BCUT2D eigenvalue weighted by Crippen LogP contribution is 2.34. The van der Waals surface area contributed by atoms with Crippen molar-refractivity contribution in [3.05, 3.63) is 0 Å². The Morgan fingerprint density at radius 1 is 1.00 bits per heavy atom. The van der Waals surface area contributed by atoms with Gasteiger partial charge in [-0.05, 0) is 0 Å². The molecule has 0 spiro atoms. The fourth-order valence-electron chi connectivity index (χ4n) is 0.0634. The van der Waals surface area contributed by atoms with Crippen LogP contribution in [0.15, 0.2) is 0 Å². The van der Waals surface area contributed by atoms with Gasteiger partial charge in [-0.3, -0.25) is 0 Å². The molecule has 0 bridgehead atoms. The summed E-state index contributed by atoms with van der Waals surface area (Å²) in [5, 5.41) is 7.21. The Bertz CT molecular complexity index is 139. The highest BCUT2D eigenvalue weighted by Gasteiger charge is 2.58. The molecule has 0 N–H and O–H groups in total. The first-order chi connectivity index (χ1) is 3.81. The van der Waals surface area contributed by atoms with Crippen molar-refractivity contribution in [1.82, 2.24) is 0 Å². The SMILES string of the molecule is N#CC(F)(F)C(F)(F)F. The lowest BCUT2D eigenvalue weighted by Crippen LogP contribution is -2.34. The van der Waals surface area contributed by atoms with E-state index in [9.17, 15) is 22.0 Å². The number of nitrogens with zero attached hydrogens (tertiary/aromatic N) is 1. The van der Waals surface area contributed by atoms with Crippen LogP contribution in [0.1, 0.15) is 0 Å². The molecule has 0 aliphatic heterocycles. The largest absolute Gasteiger partial charge is 0.468 e. The average molecular weight is 145 g/mol. The summed E-state index contributed by atoms with van der Waals surface area (Å²) in [6.07, 6.45) is -5.75. The second-order valence-corrected chi connectivity index (χ2v) is 1.18. The molecular formula is C3F5N. The van der Waals surface area contributed by atoms with Crippen LogP contribution in [-0.4, -0.2) is 12.1 Å². The zero-order valence-electron chi connectivity index (χ0n) is 3.84. The number of nitriles is 1. The van der Waals surface area contributed by atoms with Gasteiger partial charge in [0.2, 0.25) is 0 Å². The minimum Gasteiger partial charge on any atom is -0.191 e. The molecule has 9 heavy (non-hydrogen) atoms. The third-order valence-electron chi connectivity index (χ3n) is 0.496. The molecule has 0 unspecified atom stereocenters. The van der Waals surface area contributed by atoms with Crippen LogP contribution in [0.2, 0.25) is 0 Å². The van der Waals surface area contributed by atoms with E-state index in [1.54, 1.807) is 0 Å². The van der Waals surface area contributed by atoms with E-state index in [1.807, 2.05) is 0 Å². The maximum Gasteiger partial charge on any atom is 0.468 e.